The van der Waals surface area contributed by atoms with E-state index >= 15 is 0 Å². The van der Waals surface area contributed by atoms with Crippen LogP contribution in [0.25, 0.3) is 0 Å². The molecular formula is C41H43F3N10O6. The summed E-state index contributed by atoms with van der Waals surface area (Å²) in [6, 6.07) is 12.4. The number of amides is 6. The zero-order chi connectivity index (χ0) is 42.1. The third-order valence-electron chi connectivity index (χ3n) is 12.0. The van der Waals surface area contributed by atoms with Gasteiger partial charge in [0.15, 0.2) is 5.82 Å². The number of hydrogen-bond acceptors (Lipinski definition) is 12. The van der Waals surface area contributed by atoms with Crippen molar-refractivity contribution < 1.29 is 41.9 Å². The van der Waals surface area contributed by atoms with Crippen molar-refractivity contribution in [3.63, 3.8) is 0 Å². The Morgan fingerprint density at radius 3 is 2.17 bits per heavy atom. The van der Waals surface area contributed by atoms with Crippen LogP contribution in [0.3, 0.4) is 0 Å². The van der Waals surface area contributed by atoms with E-state index in [0.29, 0.717) is 30.6 Å². The first kappa shape index (κ1) is 40.5. The normalized spacial score (nSPS) is 20.9. The zero-order valence-electron chi connectivity index (χ0n) is 32.6. The van der Waals surface area contributed by atoms with Crippen molar-refractivity contribution in [3.8, 4) is 11.9 Å². The predicted octanol–water partition coefficient (Wildman–Crippen LogP) is 3.88. The van der Waals surface area contributed by atoms with E-state index in [1.165, 1.54) is 12.1 Å². The van der Waals surface area contributed by atoms with Crippen LogP contribution in [0.5, 0.6) is 5.88 Å². The maximum Gasteiger partial charge on any atom is 0.417 e. The highest BCUT2D eigenvalue weighted by Gasteiger charge is 2.45. The van der Waals surface area contributed by atoms with Crippen molar-refractivity contribution in [2.75, 3.05) is 74.0 Å². The number of nitrogens with zero attached hydrogens (tertiary/aromatic N) is 8. The van der Waals surface area contributed by atoms with Crippen molar-refractivity contribution in [2.45, 2.75) is 56.8 Å². The first-order valence-electron chi connectivity index (χ1n) is 20.1. The average Bonchev–Trinajstić information content (AvgIpc) is 3.49. The lowest BCUT2D eigenvalue weighted by atomic mass is 9.94. The van der Waals surface area contributed by atoms with Crippen molar-refractivity contribution in [1.29, 1.82) is 5.26 Å². The number of nitrogens with one attached hydrogen (secondary N) is 2. The van der Waals surface area contributed by atoms with Gasteiger partial charge in [-0.25, -0.2) is 4.79 Å². The summed E-state index contributed by atoms with van der Waals surface area (Å²) in [5, 5.41) is 22.3. The number of rotatable bonds is 8. The molecule has 2 aromatic carbocycles. The van der Waals surface area contributed by atoms with Crippen molar-refractivity contribution in [2.24, 2.45) is 5.92 Å². The number of urea groups is 1. The van der Waals surface area contributed by atoms with Gasteiger partial charge in [-0.05, 0) is 80.5 Å². The minimum Gasteiger partial charge on any atom is -0.473 e. The summed E-state index contributed by atoms with van der Waals surface area (Å²) in [7, 11) is 0. The van der Waals surface area contributed by atoms with Crippen LogP contribution in [-0.4, -0.2) is 126 Å². The smallest absolute Gasteiger partial charge is 0.417 e. The zero-order valence-corrected chi connectivity index (χ0v) is 32.6. The lowest BCUT2D eigenvalue weighted by Crippen LogP contribution is -2.54. The molecule has 0 bridgehead atoms. The fourth-order valence-electron chi connectivity index (χ4n) is 8.64. The highest BCUT2D eigenvalue weighted by molar-refractivity contribution is 6.23. The van der Waals surface area contributed by atoms with Crippen LogP contribution in [0.4, 0.5) is 35.2 Å². The summed E-state index contributed by atoms with van der Waals surface area (Å²) in [4.78, 5) is 72.3. The van der Waals surface area contributed by atoms with Gasteiger partial charge in [-0.2, -0.15) is 18.4 Å². The lowest BCUT2D eigenvalue weighted by Gasteiger charge is -2.38. The Morgan fingerprint density at radius 1 is 0.817 bits per heavy atom. The van der Waals surface area contributed by atoms with E-state index in [-0.39, 0.29) is 49.0 Å². The molecule has 0 radical (unpaired) electrons. The molecule has 314 valence electrons. The second kappa shape index (κ2) is 16.8. The molecule has 5 aliphatic heterocycles. The Labute approximate surface area is 343 Å². The Morgan fingerprint density at radius 2 is 1.50 bits per heavy atom. The second-order valence-corrected chi connectivity index (χ2v) is 15.7. The Balaban J connectivity index is 0.745. The van der Waals surface area contributed by atoms with Crippen LogP contribution in [0.2, 0.25) is 0 Å². The van der Waals surface area contributed by atoms with Gasteiger partial charge in [0.2, 0.25) is 17.7 Å². The molecule has 6 amide bonds. The van der Waals surface area contributed by atoms with Gasteiger partial charge in [0.05, 0.1) is 28.3 Å². The third-order valence-corrected chi connectivity index (χ3v) is 12.0. The number of fused-ring (bicyclic) bond motifs is 1. The second-order valence-electron chi connectivity index (χ2n) is 15.7. The summed E-state index contributed by atoms with van der Waals surface area (Å²) in [6.45, 7) is 5.51. The van der Waals surface area contributed by atoms with Crippen molar-refractivity contribution >= 4 is 46.9 Å². The van der Waals surface area contributed by atoms with Gasteiger partial charge in [0.25, 0.3) is 11.8 Å². The number of likely N-dealkylation sites (tertiary alicyclic amines) is 1. The molecular weight excluding hydrogens is 786 g/mol. The van der Waals surface area contributed by atoms with Crippen LogP contribution in [0.15, 0.2) is 48.5 Å². The van der Waals surface area contributed by atoms with E-state index < -0.39 is 53.0 Å². The van der Waals surface area contributed by atoms with Gasteiger partial charge in [-0.1, -0.05) is 0 Å². The molecule has 1 atom stereocenters. The molecule has 19 heteroatoms. The summed E-state index contributed by atoms with van der Waals surface area (Å²) in [6.07, 6.45) is -0.896. The van der Waals surface area contributed by atoms with Crippen molar-refractivity contribution in [3.05, 3.63) is 70.8 Å². The van der Waals surface area contributed by atoms with Crippen LogP contribution in [0.1, 0.15) is 70.4 Å². The first-order valence-corrected chi connectivity index (χ1v) is 20.1. The molecule has 60 heavy (non-hydrogen) atoms. The molecule has 0 saturated carbocycles. The van der Waals surface area contributed by atoms with E-state index in [1.54, 1.807) is 40.1 Å². The minimum atomic E-state index is -4.65. The minimum absolute atomic E-state index is 0.0298. The number of nitriles is 1. The summed E-state index contributed by atoms with van der Waals surface area (Å²) < 4.78 is 46.5. The van der Waals surface area contributed by atoms with Crippen molar-refractivity contribution in [1.82, 2.24) is 30.2 Å². The van der Waals surface area contributed by atoms with Gasteiger partial charge in [-0.3, -0.25) is 34.7 Å². The van der Waals surface area contributed by atoms with E-state index in [9.17, 15) is 37.1 Å². The standard InChI is InChI=1S/C41H43F3N10O6/c42-41(43,44)32-22-28(2-1-26(32)23-45)52-17-19-53(20-18-52)40(59)46-34-6-8-36(49-48-34)60-29-11-13-50(14-12-29)24-25-9-15-51(16-10-25)27-3-4-30-31(21-27)39(58)54(38(30)57)33-5-7-35(55)47-37(33)56/h1-4,6,8,21-22,25,29,33H,5,7,9-20,24H2,(H,46,48,59)(H,47,55,56). The topological polar surface area (TPSA) is 184 Å². The number of anilines is 3. The molecule has 16 nitrogen and oxygen atoms in total. The number of alkyl halides is 3. The maximum absolute atomic E-state index is 13.4. The molecule has 8 rings (SSSR count). The van der Waals surface area contributed by atoms with E-state index in [4.69, 9.17) is 10.00 Å². The van der Waals surface area contributed by atoms with Crippen LogP contribution < -0.4 is 25.2 Å². The molecule has 6 heterocycles. The highest BCUT2D eigenvalue weighted by atomic mass is 19.4. The quantitative estimate of drug-likeness (QED) is 0.313. The molecule has 5 aliphatic rings. The summed E-state index contributed by atoms with van der Waals surface area (Å²) >= 11 is 0. The lowest BCUT2D eigenvalue weighted by molar-refractivity contribution is -0.138. The molecule has 0 spiro atoms. The Hall–Kier alpha value is -6.29. The molecule has 1 aromatic heterocycles. The van der Waals surface area contributed by atoms with Gasteiger partial charge < -0.3 is 24.3 Å². The fraction of sp³-hybridized carbons (Fsp3) is 0.463. The number of imide groups is 2. The average molecular weight is 829 g/mol. The number of halogens is 3. The van der Waals surface area contributed by atoms with Gasteiger partial charge >= 0.3 is 12.2 Å². The Kier molecular flexibility index (Phi) is 11.3. The van der Waals surface area contributed by atoms with Crippen LogP contribution in [-0.2, 0) is 15.8 Å². The molecule has 0 aliphatic carbocycles. The highest BCUT2D eigenvalue weighted by Crippen LogP contribution is 2.35. The number of aromatic nitrogens is 2. The van der Waals surface area contributed by atoms with Crippen LogP contribution >= 0.6 is 0 Å². The van der Waals surface area contributed by atoms with E-state index in [2.05, 4.69) is 30.6 Å². The number of benzene rings is 2. The molecule has 4 saturated heterocycles. The summed E-state index contributed by atoms with van der Waals surface area (Å²) in [5.74, 6) is -0.949. The van der Waals surface area contributed by atoms with Gasteiger partial charge in [0, 0.05) is 82.8 Å². The Bertz CT molecular complexity index is 2210. The van der Waals surface area contributed by atoms with Gasteiger partial charge in [-0.15, -0.1) is 10.2 Å². The molecule has 2 N–H and O–H groups in total. The molecule has 3 aromatic rings. The maximum atomic E-state index is 13.4. The monoisotopic (exact) mass is 828 g/mol. The number of carbonyl (C=O) groups is 5. The largest absolute Gasteiger partial charge is 0.473 e. The van der Waals surface area contributed by atoms with Crippen LogP contribution in [0, 0.1) is 17.2 Å². The number of hydrogen-bond donors (Lipinski definition) is 2. The fourth-order valence-corrected chi connectivity index (χ4v) is 8.64. The molecule has 1 unspecified atom stereocenters. The summed E-state index contributed by atoms with van der Waals surface area (Å²) in [5.41, 5.74) is 0.339. The van der Waals surface area contributed by atoms with E-state index in [0.717, 1.165) is 75.1 Å². The van der Waals surface area contributed by atoms with E-state index in [1.807, 2.05) is 6.07 Å². The predicted molar refractivity (Wildman–Crippen MR) is 209 cm³/mol. The third kappa shape index (κ3) is 8.55. The first-order chi connectivity index (χ1) is 28.8. The van der Waals surface area contributed by atoms with Gasteiger partial charge in [0.1, 0.15) is 12.1 Å². The number of carbonyl (C=O) groups excluding carboxylic acids is 5. The molecule has 4 fully saturated rings. The number of ether oxygens (including phenoxy) is 1. The SMILES string of the molecule is N#Cc1ccc(N2CCN(C(=O)Nc3ccc(OC4CCN(CC5CCN(c6ccc7c(c6)C(=O)N(C6CCC(=O)NC6=O)C7=O)CC5)CC4)nn3)CC2)cc1C(F)(F)F. The number of piperazine rings is 1. The number of piperidine rings is 3.